The summed E-state index contributed by atoms with van der Waals surface area (Å²) >= 11 is 0. The Morgan fingerprint density at radius 3 is 1.29 bits per heavy atom. The van der Waals surface area contributed by atoms with E-state index in [0.29, 0.717) is 45.5 Å². The number of rotatable bonds is 14. The third-order valence-corrected chi connectivity index (χ3v) is 14.9. The highest BCUT2D eigenvalue weighted by molar-refractivity contribution is 7.91. The van der Waals surface area contributed by atoms with E-state index in [-0.39, 0.29) is 45.2 Å². The molecule has 4 heterocycles. The van der Waals surface area contributed by atoms with E-state index in [1.54, 1.807) is 74.5 Å². The maximum Gasteiger partial charge on any atom is 0.337 e. The number of hydrogen-bond acceptors (Lipinski definition) is 13. The Morgan fingerprint density at radius 1 is 0.576 bits per heavy atom. The first kappa shape index (κ1) is 49.8. The van der Waals surface area contributed by atoms with Crippen molar-refractivity contribution in [2.24, 2.45) is 0 Å². The van der Waals surface area contributed by atoms with Crippen LogP contribution < -0.4 is 0 Å². The predicted molar refractivity (Wildman–Crippen MR) is 252 cm³/mol. The topological polar surface area (TPSA) is 190 Å². The van der Waals surface area contributed by atoms with E-state index in [1.807, 2.05) is 24.3 Å². The number of hydrogen-bond donors (Lipinski definition) is 1. The van der Waals surface area contributed by atoms with Gasteiger partial charge in [-0.05, 0) is 150 Å². The van der Waals surface area contributed by atoms with Gasteiger partial charge in [-0.15, -0.1) is 12.4 Å². The van der Waals surface area contributed by atoms with Crippen molar-refractivity contribution in [3.63, 3.8) is 0 Å². The van der Waals surface area contributed by atoms with Crippen LogP contribution in [0.25, 0.3) is 22.9 Å². The highest BCUT2D eigenvalue weighted by atomic mass is 35.5. The number of esters is 1. The fourth-order valence-corrected chi connectivity index (χ4v) is 10.6. The quantitative estimate of drug-likeness (QED) is 0.102. The smallest absolute Gasteiger partial charge is 0.337 e. The van der Waals surface area contributed by atoms with Crippen LogP contribution in [0.4, 0.5) is 0 Å². The number of aryl methyl sites for hydroxylation is 2. The van der Waals surface area contributed by atoms with Gasteiger partial charge < -0.3 is 18.7 Å². The van der Waals surface area contributed by atoms with E-state index in [1.165, 1.54) is 57.8 Å². The fraction of sp³-hybridized carbons (Fsp3) is 0.347. The van der Waals surface area contributed by atoms with Gasteiger partial charge in [0.1, 0.15) is 23.0 Å². The molecule has 0 bridgehead atoms. The first-order valence-electron chi connectivity index (χ1n) is 21.7. The van der Waals surface area contributed by atoms with Crippen LogP contribution in [0, 0.1) is 13.8 Å². The van der Waals surface area contributed by atoms with Gasteiger partial charge in [-0.25, -0.2) is 36.4 Å². The summed E-state index contributed by atoms with van der Waals surface area (Å²) in [6.45, 7) is 9.44. The molecule has 0 radical (unpaired) electrons. The lowest BCUT2D eigenvalue weighted by Gasteiger charge is -2.26. The van der Waals surface area contributed by atoms with Crippen LogP contribution in [-0.4, -0.2) is 86.9 Å². The molecular formula is C49H55ClN4O10S2. The van der Waals surface area contributed by atoms with Gasteiger partial charge in [0.2, 0.25) is 11.8 Å². The molecular weight excluding hydrogens is 904 g/mol. The molecule has 2 aliphatic heterocycles. The van der Waals surface area contributed by atoms with Crippen LogP contribution in [0.3, 0.4) is 0 Å². The number of nitrogens with zero attached hydrogens (tertiary/aromatic N) is 4. The van der Waals surface area contributed by atoms with E-state index in [2.05, 4.69) is 19.8 Å². The molecule has 2 aromatic heterocycles. The van der Waals surface area contributed by atoms with E-state index in [9.17, 15) is 26.4 Å². The maximum absolute atomic E-state index is 13.0. The summed E-state index contributed by atoms with van der Waals surface area (Å²) in [7, 11) is -5.84. The Morgan fingerprint density at radius 2 is 0.939 bits per heavy atom. The standard InChI is InChI=1S/C25H28N2O5S.C24H26N2O5S.ClH/c1-18-23(26-24(32-18)20-8-10-21(11-9-20)25(28)31-2)17-33(29,30)22-12-6-19(7-13-22)16-27-14-4-3-5-15-27;1-17-22(25-23(31-17)19-7-9-20(10-8-19)24(27)28)16-32(29,30)21-11-5-18(6-12-21)15-26-13-3-2-4-14-26;/h6-13H,3-5,14-17H2,1-2H3;5-12H,2-4,13-16H2,1H3,(H,27,28);1H. The molecule has 0 atom stereocenters. The van der Waals surface area contributed by atoms with E-state index < -0.39 is 31.6 Å². The minimum Gasteiger partial charge on any atom is -0.478 e. The van der Waals surface area contributed by atoms with Crippen LogP contribution in [0.2, 0.25) is 0 Å². The number of piperidine rings is 2. The molecule has 2 saturated heterocycles. The molecule has 2 fully saturated rings. The summed E-state index contributed by atoms with van der Waals surface area (Å²) in [4.78, 5) is 36.7. The van der Waals surface area contributed by atoms with Gasteiger partial charge in [0.15, 0.2) is 19.7 Å². The minimum absolute atomic E-state index is 0. The van der Waals surface area contributed by atoms with Crippen molar-refractivity contribution >= 4 is 44.0 Å². The number of carboxylic acid groups (broad SMARTS) is 1. The Balaban J connectivity index is 0.000000215. The van der Waals surface area contributed by atoms with Crippen molar-refractivity contribution in [1.29, 1.82) is 0 Å². The molecule has 0 unspecified atom stereocenters. The summed E-state index contributed by atoms with van der Waals surface area (Å²) in [5, 5.41) is 9.02. The maximum atomic E-state index is 13.0. The Bertz CT molecular complexity index is 2800. The number of aromatic carboxylic acids is 1. The first-order valence-corrected chi connectivity index (χ1v) is 25.0. The fourth-order valence-electron chi connectivity index (χ4n) is 7.88. The second-order valence-corrected chi connectivity index (χ2v) is 20.5. The second-order valence-electron chi connectivity index (χ2n) is 16.5. The zero-order chi connectivity index (χ0) is 46.1. The number of carboxylic acids is 1. The zero-order valence-corrected chi connectivity index (χ0v) is 39.7. The molecule has 0 amide bonds. The summed E-state index contributed by atoms with van der Waals surface area (Å²) in [5.74, 6) is -0.505. The largest absolute Gasteiger partial charge is 0.478 e. The number of halogens is 1. The summed E-state index contributed by atoms with van der Waals surface area (Å²) in [5.41, 5.74) is 4.75. The zero-order valence-electron chi connectivity index (χ0n) is 37.3. The first-order chi connectivity index (χ1) is 31.2. The monoisotopic (exact) mass is 958 g/mol. The van der Waals surface area contributed by atoms with Gasteiger partial charge in [0.25, 0.3) is 0 Å². The van der Waals surface area contributed by atoms with Crippen LogP contribution in [0.15, 0.2) is 116 Å². The van der Waals surface area contributed by atoms with Crippen LogP contribution in [0.1, 0.15) is 93.3 Å². The Kier molecular flexibility index (Phi) is 16.8. The molecule has 4 aromatic carbocycles. The number of oxazole rings is 2. The molecule has 17 heteroatoms. The van der Waals surface area contributed by atoms with Crippen molar-refractivity contribution in [3.05, 3.63) is 142 Å². The van der Waals surface area contributed by atoms with Crippen molar-refractivity contribution < 1.29 is 45.1 Å². The van der Waals surface area contributed by atoms with Gasteiger partial charge in [-0.2, -0.15) is 0 Å². The van der Waals surface area contributed by atoms with Crippen LogP contribution in [-0.2, 0) is 49.0 Å². The number of benzene rings is 4. The number of carbonyl (C=O) groups is 2. The van der Waals surface area contributed by atoms with Crippen LogP contribution in [0.5, 0.6) is 0 Å². The molecule has 8 rings (SSSR count). The number of sulfone groups is 2. The molecule has 2 aliphatic rings. The van der Waals surface area contributed by atoms with Crippen molar-refractivity contribution in [2.75, 3.05) is 33.3 Å². The van der Waals surface area contributed by atoms with Crippen LogP contribution >= 0.6 is 12.4 Å². The van der Waals surface area contributed by atoms with Gasteiger partial charge in [0.05, 0.1) is 39.4 Å². The van der Waals surface area contributed by atoms with E-state index >= 15 is 0 Å². The summed E-state index contributed by atoms with van der Waals surface area (Å²) in [6.07, 6.45) is 7.45. The average molecular weight is 960 g/mol. The lowest BCUT2D eigenvalue weighted by molar-refractivity contribution is 0.0599. The van der Waals surface area contributed by atoms with Crippen molar-refractivity contribution in [2.45, 2.75) is 86.8 Å². The third kappa shape index (κ3) is 12.8. The van der Waals surface area contributed by atoms with Gasteiger partial charge in [-0.1, -0.05) is 37.1 Å². The summed E-state index contributed by atoms with van der Waals surface area (Å²) in [6, 6.07) is 26.9. The van der Waals surface area contributed by atoms with Crippen molar-refractivity contribution in [1.82, 2.24) is 19.8 Å². The average Bonchev–Trinajstić information content (AvgIpc) is 3.86. The highest BCUT2D eigenvalue weighted by Gasteiger charge is 2.24. The number of aromatic nitrogens is 2. The SMILES string of the molecule is COC(=O)c1ccc(-c2nc(CS(=O)(=O)c3ccc(CN4CCCCC4)cc3)c(C)o2)cc1.Cc1oc(-c2ccc(C(=O)O)cc2)nc1CS(=O)(=O)c1ccc(CN2CCCCC2)cc1.Cl. The molecule has 0 spiro atoms. The van der Waals surface area contributed by atoms with Gasteiger partial charge in [0, 0.05) is 24.2 Å². The molecule has 6 aromatic rings. The van der Waals surface area contributed by atoms with Gasteiger partial charge in [-0.3, -0.25) is 9.80 Å². The second kappa shape index (κ2) is 22.2. The number of likely N-dealkylation sites (tertiary alicyclic amines) is 2. The Labute approximate surface area is 392 Å². The highest BCUT2D eigenvalue weighted by Crippen LogP contribution is 2.28. The molecule has 1 N–H and O–H groups in total. The lowest BCUT2D eigenvalue weighted by Crippen LogP contribution is -2.29. The molecule has 0 aliphatic carbocycles. The molecule has 350 valence electrons. The van der Waals surface area contributed by atoms with E-state index in [4.69, 9.17) is 18.7 Å². The summed E-state index contributed by atoms with van der Waals surface area (Å²) < 4.78 is 68.0. The lowest BCUT2D eigenvalue weighted by atomic mass is 10.1. The third-order valence-electron chi connectivity index (χ3n) is 11.6. The number of ether oxygens (including phenoxy) is 1. The predicted octanol–water partition coefficient (Wildman–Crippen LogP) is 9.13. The van der Waals surface area contributed by atoms with E-state index in [0.717, 1.165) is 50.4 Å². The molecule has 66 heavy (non-hydrogen) atoms. The number of carbonyl (C=O) groups excluding carboxylic acids is 1. The molecule has 14 nitrogen and oxygen atoms in total. The van der Waals surface area contributed by atoms with Crippen molar-refractivity contribution in [3.8, 4) is 22.9 Å². The normalized spacial score (nSPS) is 14.7. The minimum atomic E-state index is -3.59. The van der Waals surface area contributed by atoms with Gasteiger partial charge >= 0.3 is 11.9 Å². The Hall–Kier alpha value is -5.65. The number of methoxy groups -OCH3 is 1. The molecule has 0 saturated carbocycles.